The van der Waals surface area contributed by atoms with E-state index in [9.17, 15) is 9.59 Å². The van der Waals surface area contributed by atoms with E-state index in [1.54, 1.807) is 11.8 Å². The molecule has 0 radical (unpaired) electrons. The van der Waals surface area contributed by atoms with Gasteiger partial charge in [-0.3, -0.25) is 9.59 Å². The van der Waals surface area contributed by atoms with E-state index < -0.39 is 0 Å². The number of hydrogen-bond acceptors (Lipinski definition) is 3. The molecule has 5 heteroatoms. The third kappa shape index (κ3) is 4.73. The van der Waals surface area contributed by atoms with Crippen LogP contribution in [-0.4, -0.2) is 60.4 Å². The molecule has 0 bridgehead atoms. The number of carbonyl (C=O) groups excluding carboxylic acids is 2. The molecule has 1 heterocycles. The second-order valence-corrected chi connectivity index (χ2v) is 4.75. The molecule has 0 atom stereocenters. The minimum atomic E-state index is 0.0959. The molecular formula is C12H23N3O2. The molecule has 17 heavy (non-hydrogen) atoms. The van der Waals surface area contributed by atoms with Gasteiger partial charge in [0, 0.05) is 52.1 Å². The quantitative estimate of drug-likeness (QED) is 0.757. The summed E-state index contributed by atoms with van der Waals surface area (Å²) in [7, 11) is 0. The highest BCUT2D eigenvalue weighted by atomic mass is 16.2. The first-order chi connectivity index (χ1) is 8.00. The van der Waals surface area contributed by atoms with Gasteiger partial charge in [0.2, 0.25) is 11.8 Å². The molecule has 1 fully saturated rings. The van der Waals surface area contributed by atoms with Gasteiger partial charge in [0.05, 0.1) is 0 Å². The van der Waals surface area contributed by atoms with Gasteiger partial charge in [0.1, 0.15) is 0 Å². The number of nitrogens with zero attached hydrogens (tertiary/aromatic N) is 2. The van der Waals surface area contributed by atoms with Crippen molar-refractivity contribution in [2.75, 3.05) is 32.7 Å². The topological polar surface area (TPSA) is 52.7 Å². The first-order valence-electron chi connectivity index (χ1n) is 6.27. The third-order valence-corrected chi connectivity index (χ3v) is 2.97. The van der Waals surface area contributed by atoms with Crippen LogP contribution < -0.4 is 5.32 Å². The number of rotatable bonds is 4. The van der Waals surface area contributed by atoms with E-state index >= 15 is 0 Å². The summed E-state index contributed by atoms with van der Waals surface area (Å²) in [5, 5.41) is 3.23. The molecule has 1 N–H and O–H groups in total. The summed E-state index contributed by atoms with van der Waals surface area (Å²) in [6.45, 7) is 9.09. The van der Waals surface area contributed by atoms with Crippen molar-refractivity contribution >= 4 is 11.8 Å². The molecular weight excluding hydrogens is 218 g/mol. The summed E-state index contributed by atoms with van der Waals surface area (Å²) in [5.74, 6) is 0.278. The first-order valence-corrected chi connectivity index (χ1v) is 6.27. The van der Waals surface area contributed by atoms with E-state index in [0.717, 1.165) is 6.54 Å². The molecule has 98 valence electrons. The van der Waals surface area contributed by atoms with Gasteiger partial charge >= 0.3 is 0 Å². The zero-order chi connectivity index (χ0) is 12.8. The van der Waals surface area contributed by atoms with Gasteiger partial charge in [-0.05, 0) is 0 Å². The van der Waals surface area contributed by atoms with E-state index in [0.29, 0.717) is 38.6 Å². The number of nitrogens with one attached hydrogen (secondary N) is 1. The maximum Gasteiger partial charge on any atom is 0.223 e. The smallest absolute Gasteiger partial charge is 0.223 e. The summed E-state index contributed by atoms with van der Waals surface area (Å²) in [6, 6.07) is 0.414. The summed E-state index contributed by atoms with van der Waals surface area (Å²) < 4.78 is 0. The Labute approximate surface area is 103 Å². The van der Waals surface area contributed by atoms with Crippen molar-refractivity contribution in [2.45, 2.75) is 33.2 Å². The fourth-order valence-electron chi connectivity index (χ4n) is 1.90. The molecule has 1 aliphatic rings. The van der Waals surface area contributed by atoms with Gasteiger partial charge in [-0.15, -0.1) is 0 Å². The molecule has 2 amide bonds. The Morgan fingerprint density at radius 1 is 1.12 bits per heavy atom. The van der Waals surface area contributed by atoms with E-state index in [4.69, 9.17) is 0 Å². The highest BCUT2D eigenvalue weighted by Gasteiger charge is 2.21. The van der Waals surface area contributed by atoms with Crippen LogP contribution in [0.15, 0.2) is 0 Å². The average Bonchev–Trinajstić information content (AvgIpc) is 2.28. The third-order valence-electron chi connectivity index (χ3n) is 2.97. The SMILES string of the molecule is CC(=O)N1CCN(C(=O)CCNC(C)C)CC1. The molecule has 0 unspecified atom stereocenters. The standard InChI is InChI=1S/C12H23N3O2/c1-10(2)13-5-4-12(17)15-8-6-14(7-9-15)11(3)16/h10,13H,4-9H2,1-3H3. The van der Waals surface area contributed by atoms with Gasteiger partial charge in [0.15, 0.2) is 0 Å². The van der Waals surface area contributed by atoms with Crippen LogP contribution in [0.1, 0.15) is 27.2 Å². The maximum absolute atomic E-state index is 11.8. The minimum absolute atomic E-state index is 0.0959. The largest absolute Gasteiger partial charge is 0.339 e. The Bertz CT molecular complexity index is 271. The highest BCUT2D eigenvalue weighted by molar-refractivity contribution is 5.77. The Morgan fingerprint density at radius 3 is 2.12 bits per heavy atom. The Morgan fingerprint density at radius 2 is 1.65 bits per heavy atom. The lowest BCUT2D eigenvalue weighted by molar-refractivity contribution is -0.138. The van der Waals surface area contributed by atoms with Crippen LogP contribution in [0, 0.1) is 0 Å². The van der Waals surface area contributed by atoms with Gasteiger partial charge in [-0.2, -0.15) is 0 Å². The zero-order valence-corrected chi connectivity index (χ0v) is 11.0. The van der Waals surface area contributed by atoms with E-state index in [-0.39, 0.29) is 11.8 Å². The van der Waals surface area contributed by atoms with Crippen LogP contribution in [0.4, 0.5) is 0 Å². The number of piperazine rings is 1. The Hall–Kier alpha value is -1.10. The second kappa shape index (κ2) is 6.59. The van der Waals surface area contributed by atoms with Gasteiger partial charge in [-0.1, -0.05) is 13.8 Å². The summed E-state index contributed by atoms with van der Waals surface area (Å²) in [6.07, 6.45) is 0.540. The van der Waals surface area contributed by atoms with Crippen molar-refractivity contribution in [2.24, 2.45) is 0 Å². The van der Waals surface area contributed by atoms with Gasteiger partial charge in [0.25, 0.3) is 0 Å². The van der Waals surface area contributed by atoms with Crippen molar-refractivity contribution < 1.29 is 9.59 Å². The first kappa shape index (κ1) is 14.0. The minimum Gasteiger partial charge on any atom is -0.339 e. The van der Waals surface area contributed by atoms with Gasteiger partial charge < -0.3 is 15.1 Å². The number of amides is 2. The summed E-state index contributed by atoms with van der Waals surface area (Å²) >= 11 is 0. The van der Waals surface area contributed by atoms with Crippen molar-refractivity contribution in [3.05, 3.63) is 0 Å². The second-order valence-electron chi connectivity index (χ2n) is 4.75. The van der Waals surface area contributed by atoms with Crippen LogP contribution in [-0.2, 0) is 9.59 Å². The highest BCUT2D eigenvalue weighted by Crippen LogP contribution is 2.03. The molecule has 0 aliphatic carbocycles. The lowest BCUT2D eigenvalue weighted by atomic mass is 10.2. The average molecular weight is 241 g/mol. The van der Waals surface area contributed by atoms with Gasteiger partial charge in [-0.25, -0.2) is 0 Å². The maximum atomic E-state index is 11.8. The Kier molecular flexibility index (Phi) is 5.41. The predicted octanol–water partition coefficient (Wildman–Crippen LogP) is 0.0652. The van der Waals surface area contributed by atoms with Crippen LogP contribution in [0.3, 0.4) is 0 Å². The van der Waals surface area contributed by atoms with Crippen LogP contribution in [0.5, 0.6) is 0 Å². The molecule has 0 aromatic carbocycles. The monoisotopic (exact) mass is 241 g/mol. The molecule has 1 aliphatic heterocycles. The van der Waals surface area contributed by atoms with Crippen molar-refractivity contribution in [1.29, 1.82) is 0 Å². The Balaban J connectivity index is 2.24. The number of carbonyl (C=O) groups is 2. The van der Waals surface area contributed by atoms with E-state index in [2.05, 4.69) is 19.2 Å². The molecule has 0 aromatic heterocycles. The van der Waals surface area contributed by atoms with E-state index in [1.807, 2.05) is 4.90 Å². The fraction of sp³-hybridized carbons (Fsp3) is 0.833. The van der Waals surface area contributed by atoms with Crippen LogP contribution in [0.2, 0.25) is 0 Å². The normalized spacial score (nSPS) is 16.5. The zero-order valence-electron chi connectivity index (χ0n) is 11.0. The van der Waals surface area contributed by atoms with Crippen molar-refractivity contribution in [3.63, 3.8) is 0 Å². The number of hydrogen-bond donors (Lipinski definition) is 1. The summed E-state index contributed by atoms with van der Waals surface area (Å²) in [4.78, 5) is 26.6. The van der Waals surface area contributed by atoms with Crippen LogP contribution >= 0.6 is 0 Å². The lowest BCUT2D eigenvalue weighted by Gasteiger charge is -2.34. The molecule has 5 nitrogen and oxygen atoms in total. The fourth-order valence-corrected chi connectivity index (χ4v) is 1.90. The van der Waals surface area contributed by atoms with Crippen molar-refractivity contribution in [1.82, 2.24) is 15.1 Å². The summed E-state index contributed by atoms with van der Waals surface area (Å²) in [5.41, 5.74) is 0. The lowest BCUT2D eigenvalue weighted by Crippen LogP contribution is -2.50. The molecule has 1 saturated heterocycles. The molecule has 0 spiro atoms. The molecule has 0 aromatic rings. The van der Waals surface area contributed by atoms with E-state index in [1.165, 1.54) is 0 Å². The molecule has 1 rings (SSSR count). The van der Waals surface area contributed by atoms with Crippen molar-refractivity contribution in [3.8, 4) is 0 Å². The predicted molar refractivity (Wildman–Crippen MR) is 66.6 cm³/mol. The van der Waals surface area contributed by atoms with Crippen LogP contribution in [0.25, 0.3) is 0 Å². The molecule has 0 saturated carbocycles.